The number of rotatable bonds is 5. The lowest BCUT2D eigenvalue weighted by atomic mass is 10.1. The van der Waals surface area contributed by atoms with Gasteiger partial charge in [-0.15, -0.1) is 11.3 Å². The molecule has 0 unspecified atom stereocenters. The maximum absolute atomic E-state index is 11.9. The normalized spacial score (nSPS) is 10.0. The number of esters is 2. The van der Waals surface area contributed by atoms with Gasteiger partial charge in [-0.3, -0.25) is 0 Å². The Balaban J connectivity index is 2.23. The van der Waals surface area contributed by atoms with E-state index in [1.807, 2.05) is 6.07 Å². The lowest BCUT2D eigenvalue weighted by Crippen LogP contribution is -2.09. The zero-order valence-electron chi connectivity index (χ0n) is 11.6. The SMILES string of the molecule is CCOC(=O)c1sc(N)c(C#N)c1COC(=O)c1ccco1. The number of hydrogen-bond donors (Lipinski definition) is 1. The lowest BCUT2D eigenvalue weighted by molar-refractivity contribution is 0.0422. The minimum absolute atomic E-state index is 0.0272. The van der Waals surface area contributed by atoms with Crippen LogP contribution in [0, 0.1) is 11.3 Å². The van der Waals surface area contributed by atoms with E-state index in [4.69, 9.17) is 24.9 Å². The van der Waals surface area contributed by atoms with Gasteiger partial charge in [-0.1, -0.05) is 0 Å². The largest absolute Gasteiger partial charge is 0.462 e. The van der Waals surface area contributed by atoms with Crippen molar-refractivity contribution < 1.29 is 23.5 Å². The molecule has 2 rings (SSSR count). The molecule has 2 N–H and O–H groups in total. The fourth-order valence-electron chi connectivity index (χ4n) is 1.71. The van der Waals surface area contributed by atoms with Gasteiger partial charge in [0, 0.05) is 5.56 Å². The molecule has 2 aromatic heterocycles. The number of thiophene rings is 1. The standard InChI is InChI=1S/C14H12N2O5S/c1-2-19-14(18)11-9(8(6-15)12(16)22-11)7-21-13(17)10-4-3-5-20-10/h3-5H,2,7,16H2,1H3. The van der Waals surface area contributed by atoms with Crippen LogP contribution < -0.4 is 5.73 Å². The average Bonchev–Trinajstić information content (AvgIpc) is 3.12. The van der Waals surface area contributed by atoms with E-state index in [2.05, 4.69) is 0 Å². The van der Waals surface area contributed by atoms with Gasteiger partial charge < -0.3 is 19.6 Å². The van der Waals surface area contributed by atoms with Crippen molar-refractivity contribution in [2.75, 3.05) is 12.3 Å². The van der Waals surface area contributed by atoms with Gasteiger partial charge >= 0.3 is 11.9 Å². The van der Waals surface area contributed by atoms with E-state index in [0.29, 0.717) is 0 Å². The molecule has 0 saturated carbocycles. The molecule has 2 heterocycles. The first-order chi connectivity index (χ1) is 10.6. The van der Waals surface area contributed by atoms with Crippen molar-refractivity contribution in [1.29, 1.82) is 5.26 Å². The first kappa shape index (κ1) is 15.6. The van der Waals surface area contributed by atoms with Crippen molar-refractivity contribution in [1.82, 2.24) is 0 Å². The number of ether oxygens (including phenoxy) is 2. The maximum atomic E-state index is 11.9. The van der Waals surface area contributed by atoms with E-state index in [1.54, 1.807) is 13.0 Å². The molecule has 8 heteroatoms. The van der Waals surface area contributed by atoms with Gasteiger partial charge in [0.1, 0.15) is 22.6 Å². The molecule has 114 valence electrons. The third kappa shape index (κ3) is 3.10. The second-order valence-corrected chi connectivity index (χ2v) is 5.09. The van der Waals surface area contributed by atoms with E-state index >= 15 is 0 Å². The monoisotopic (exact) mass is 320 g/mol. The topological polar surface area (TPSA) is 116 Å². The summed E-state index contributed by atoms with van der Waals surface area (Å²) >= 11 is 0.929. The summed E-state index contributed by atoms with van der Waals surface area (Å²) in [6, 6.07) is 4.89. The number of carbonyl (C=O) groups excluding carboxylic acids is 2. The van der Waals surface area contributed by atoms with Crippen LogP contribution in [0.5, 0.6) is 0 Å². The van der Waals surface area contributed by atoms with Crippen molar-refractivity contribution in [2.45, 2.75) is 13.5 Å². The first-order valence-electron chi connectivity index (χ1n) is 6.27. The third-order valence-electron chi connectivity index (χ3n) is 2.68. The summed E-state index contributed by atoms with van der Waals surface area (Å²) in [6.45, 7) is 1.57. The summed E-state index contributed by atoms with van der Waals surface area (Å²) in [5.41, 5.74) is 6.07. The molecule has 0 aliphatic carbocycles. The molecular weight excluding hydrogens is 308 g/mol. The van der Waals surface area contributed by atoms with Crippen LogP contribution in [0.25, 0.3) is 0 Å². The highest BCUT2D eigenvalue weighted by atomic mass is 32.1. The molecule has 0 aromatic carbocycles. The summed E-state index contributed by atoms with van der Waals surface area (Å²) < 4.78 is 14.9. The predicted octanol–water partition coefficient (Wildman–Crippen LogP) is 2.33. The van der Waals surface area contributed by atoms with Crippen LogP contribution in [-0.2, 0) is 16.1 Å². The van der Waals surface area contributed by atoms with Crippen molar-refractivity contribution >= 4 is 28.3 Å². The van der Waals surface area contributed by atoms with E-state index < -0.39 is 11.9 Å². The van der Waals surface area contributed by atoms with Gasteiger partial charge in [-0.2, -0.15) is 5.26 Å². The Bertz CT molecular complexity index is 727. The van der Waals surface area contributed by atoms with Gasteiger partial charge in [0.15, 0.2) is 0 Å². The second kappa shape index (κ2) is 6.78. The third-order valence-corrected chi connectivity index (χ3v) is 3.72. The quantitative estimate of drug-likeness (QED) is 0.840. The summed E-state index contributed by atoms with van der Waals surface area (Å²) in [4.78, 5) is 23.8. The van der Waals surface area contributed by atoms with Gasteiger partial charge in [0.25, 0.3) is 0 Å². The molecule has 0 amide bonds. The van der Waals surface area contributed by atoms with Crippen LogP contribution in [-0.4, -0.2) is 18.5 Å². The van der Waals surface area contributed by atoms with Crippen molar-refractivity contribution in [3.8, 4) is 6.07 Å². The van der Waals surface area contributed by atoms with Crippen LogP contribution >= 0.6 is 11.3 Å². The number of nitrogens with two attached hydrogens (primary N) is 1. The number of carbonyl (C=O) groups is 2. The molecule has 0 saturated heterocycles. The Morgan fingerprint density at radius 2 is 2.18 bits per heavy atom. The summed E-state index contributed by atoms with van der Waals surface area (Å²) in [5, 5.41) is 9.31. The molecule has 2 aromatic rings. The number of nitrogens with zero attached hydrogens (tertiary/aromatic N) is 1. The molecule has 22 heavy (non-hydrogen) atoms. The van der Waals surface area contributed by atoms with Crippen LogP contribution in [0.4, 0.5) is 5.00 Å². The predicted molar refractivity (Wildman–Crippen MR) is 77.2 cm³/mol. The van der Waals surface area contributed by atoms with Crippen molar-refractivity contribution in [3.05, 3.63) is 40.2 Å². The van der Waals surface area contributed by atoms with E-state index in [-0.39, 0.29) is 40.0 Å². The molecular formula is C14H12N2O5S. The number of anilines is 1. The minimum Gasteiger partial charge on any atom is -0.462 e. The van der Waals surface area contributed by atoms with Crippen LogP contribution in [0.3, 0.4) is 0 Å². The molecule has 0 radical (unpaired) electrons. The molecule has 7 nitrogen and oxygen atoms in total. The highest BCUT2D eigenvalue weighted by molar-refractivity contribution is 7.18. The molecule has 0 fully saturated rings. The molecule has 0 bridgehead atoms. The zero-order chi connectivity index (χ0) is 16.1. The van der Waals surface area contributed by atoms with E-state index in [9.17, 15) is 9.59 Å². The molecule has 0 spiro atoms. The lowest BCUT2D eigenvalue weighted by Gasteiger charge is -2.05. The fourth-order valence-corrected chi connectivity index (χ4v) is 2.63. The highest BCUT2D eigenvalue weighted by Gasteiger charge is 2.24. The number of furan rings is 1. The van der Waals surface area contributed by atoms with Crippen molar-refractivity contribution in [2.24, 2.45) is 0 Å². The van der Waals surface area contributed by atoms with Gasteiger partial charge in [0.2, 0.25) is 5.76 Å². The summed E-state index contributed by atoms with van der Waals surface area (Å²) in [6.07, 6.45) is 1.34. The van der Waals surface area contributed by atoms with Gasteiger partial charge in [0.05, 0.1) is 18.4 Å². The Labute approximate surface area is 129 Å². The van der Waals surface area contributed by atoms with Crippen LogP contribution in [0.2, 0.25) is 0 Å². The summed E-state index contributed by atoms with van der Waals surface area (Å²) in [7, 11) is 0. The smallest absolute Gasteiger partial charge is 0.374 e. The second-order valence-electron chi connectivity index (χ2n) is 4.03. The zero-order valence-corrected chi connectivity index (χ0v) is 12.4. The van der Waals surface area contributed by atoms with Gasteiger partial charge in [-0.25, -0.2) is 9.59 Å². The first-order valence-corrected chi connectivity index (χ1v) is 7.09. The minimum atomic E-state index is -0.700. The Morgan fingerprint density at radius 3 is 2.77 bits per heavy atom. The average molecular weight is 320 g/mol. The molecule has 0 aliphatic rings. The maximum Gasteiger partial charge on any atom is 0.374 e. The number of hydrogen-bond acceptors (Lipinski definition) is 8. The number of nitrogen functional groups attached to an aromatic ring is 1. The highest BCUT2D eigenvalue weighted by Crippen LogP contribution is 2.32. The number of nitriles is 1. The van der Waals surface area contributed by atoms with E-state index in [0.717, 1.165) is 11.3 Å². The molecule has 0 atom stereocenters. The molecule has 0 aliphatic heterocycles. The van der Waals surface area contributed by atoms with E-state index in [1.165, 1.54) is 12.3 Å². The fraction of sp³-hybridized carbons (Fsp3) is 0.214. The Hall–Kier alpha value is -2.79. The Morgan fingerprint density at radius 1 is 1.41 bits per heavy atom. The van der Waals surface area contributed by atoms with Crippen LogP contribution in [0.15, 0.2) is 22.8 Å². The van der Waals surface area contributed by atoms with Gasteiger partial charge in [-0.05, 0) is 19.1 Å². The Kier molecular flexibility index (Phi) is 4.80. The van der Waals surface area contributed by atoms with Crippen LogP contribution in [0.1, 0.15) is 38.3 Å². The summed E-state index contributed by atoms with van der Waals surface area (Å²) in [5.74, 6) is -1.28. The van der Waals surface area contributed by atoms with Crippen molar-refractivity contribution in [3.63, 3.8) is 0 Å².